The molecule has 0 aliphatic carbocycles. The van der Waals surface area contributed by atoms with Crippen LogP contribution in [0.25, 0.3) is 0 Å². The summed E-state index contributed by atoms with van der Waals surface area (Å²) in [5.74, 6) is -0.160. The SMILES string of the molecule is COC1CCN(C(=O)CCc2ccc(F)cc2)c2ccccc21. The number of anilines is 1. The summed E-state index contributed by atoms with van der Waals surface area (Å²) in [6.07, 6.45) is 1.88. The number of hydrogen-bond donors (Lipinski definition) is 0. The predicted octanol–water partition coefficient (Wildman–Crippen LogP) is 3.88. The van der Waals surface area contributed by atoms with Gasteiger partial charge in [-0.25, -0.2) is 4.39 Å². The fourth-order valence-electron chi connectivity index (χ4n) is 3.07. The quantitative estimate of drug-likeness (QED) is 0.857. The Balaban J connectivity index is 1.71. The summed E-state index contributed by atoms with van der Waals surface area (Å²) in [4.78, 5) is 14.4. The lowest BCUT2D eigenvalue weighted by Gasteiger charge is -2.33. The zero-order valence-corrected chi connectivity index (χ0v) is 13.2. The van der Waals surface area contributed by atoms with Gasteiger partial charge in [0, 0.05) is 31.3 Å². The van der Waals surface area contributed by atoms with Crippen molar-refractivity contribution in [1.29, 1.82) is 0 Å². The van der Waals surface area contributed by atoms with Gasteiger partial charge in [0.15, 0.2) is 0 Å². The van der Waals surface area contributed by atoms with Gasteiger partial charge in [0.05, 0.1) is 6.10 Å². The highest BCUT2D eigenvalue weighted by Gasteiger charge is 2.27. The molecule has 0 N–H and O–H groups in total. The highest BCUT2D eigenvalue weighted by atomic mass is 19.1. The van der Waals surface area contributed by atoms with E-state index < -0.39 is 0 Å². The number of benzene rings is 2. The van der Waals surface area contributed by atoms with Gasteiger partial charge in [0.2, 0.25) is 5.91 Å². The molecule has 1 aliphatic rings. The maximum Gasteiger partial charge on any atom is 0.227 e. The number of rotatable bonds is 4. The highest BCUT2D eigenvalue weighted by molar-refractivity contribution is 5.94. The average Bonchev–Trinajstić information content (AvgIpc) is 2.60. The average molecular weight is 313 g/mol. The van der Waals surface area contributed by atoms with Crippen molar-refractivity contribution < 1.29 is 13.9 Å². The van der Waals surface area contributed by atoms with Gasteiger partial charge in [-0.05, 0) is 36.6 Å². The van der Waals surface area contributed by atoms with Crippen LogP contribution in [0.3, 0.4) is 0 Å². The van der Waals surface area contributed by atoms with Gasteiger partial charge in [-0.2, -0.15) is 0 Å². The minimum Gasteiger partial charge on any atom is -0.377 e. The molecule has 1 amide bonds. The van der Waals surface area contributed by atoms with E-state index in [9.17, 15) is 9.18 Å². The largest absolute Gasteiger partial charge is 0.377 e. The van der Waals surface area contributed by atoms with Gasteiger partial charge >= 0.3 is 0 Å². The number of para-hydroxylation sites is 1. The fraction of sp³-hybridized carbons (Fsp3) is 0.316. The van der Waals surface area contributed by atoms with Crippen LogP contribution in [0.2, 0.25) is 0 Å². The molecule has 0 radical (unpaired) electrons. The lowest BCUT2D eigenvalue weighted by Crippen LogP contribution is -2.37. The molecular weight excluding hydrogens is 293 g/mol. The van der Waals surface area contributed by atoms with Crippen molar-refractivity contribution in [3.8, 4) is 0 Å². The van der Waals surface area contributed by atoms with Crippen molar-refractivity contribution in [3.63, 3.8) is 0 Å². The van der Waals surface area contributed by atoms with Gasteiger partial charge in [-0.1, -0.05) is 30.3 Å². The maximum absolute atomic E-state index is 12.9. The molecule has 0 fully saturated rings. The first-order chi connectivity index (χ1) is 11.2. The third kappa shape index (κ3) is 3.42. The van der Waals surface area contributed by atoms with Crippen LogP contribution in [-0.2, 0) is 16.0 Å². The second-order valence-corrected chi connectivity index (χ2v) is 5.74. The Morgan fingerprint density at radius 1 is 1.22 bits per heavy atom. The van der Waals surface area contributed by atoms with Crippen LogP contribution in [0.15, 0.2) is 48.5 Å². The third-order valence-electron chi connectivity index (χ3n) is 4.32. The zero-order chi connectivity index (χ0) is 16.2. The smallest absolute Gasteiger partial charge is 0.227 e. The van der Waals surface area contributed by atoms with Crippen LogP contribution in [0, 0.1) is 5.82 Å². The molecule has 3 rings (SSSR count). The Hall–Kier alpha value is -2.20. The van der Waals surface area contributed by atoms with E-state index in [-0.39, 0.29) is 17.8 Å². The van der Waals surface area contributed by atoms with Crippen LogP contribution in [0.4, 0.5) is 10.1 Å². The van der Waals surface area contributed by atoms with Crippen LogP contribution in [-0.4, -0.2) is 19.6 Å². The molecule has 2 aromatic carbocycles. The second-order valence-electron chi connectivity index (χ2n) is 5.74. The van der Waals surface area contributed by atoms with Crippen molar-refractivity contribution >= 4 is 11.6 Å². The molecule has 0 bridgehead atoms. The van der Waals surface area contributed by atoms with Crippen molar-refractivity contribution in [2.75, 3.05) is 18.6 Å². The third-order valence-corrected chi connectivity index (χ3v) is 4.32. The van der Waals surface area contributed by atoms with E-state index in [1.54, 1.807) is 19.2 Å². The molecule has 1 heterocycles. The number of aryl methyl sites for hydroxylation is 1. The number of halogens is 1. The number of carbonyl (C=O) groups excluding carboxylic acids is 1. The molecule has 0 spiro atoms. The summed E-state index contributed by atoms with van der Waals surface area (Å²) in [6.45, 7) is 0.664. The molecule has 2 aromatic rings. The van der Waals surface area contributed by atoms with Crippen LogP contribution in [0.5, 0.6) is 0 Å². The molecule has 1 aliphatic heterocycles. The normalized spacial score (nSPS) is 17.0. The van der Waals surface area contributed by atoms with Gasteiger partial charge in [-0.15, -0.1) is 0 Å². The van der Waals surface area contributed by atoms with Gasteiger partial charge in [-0.3, -0.25) is 4.79 Å². The topological polar surface area (TPSA) is 29.5 Å². The minimum atomic E-state index is -0.254. The highest BCUT2D eigenvalue weighted by Crippen LogP contribution is 2.35. The summed E-state index contributed by atoms with van der Waals surface area (Å²) < 4.78 is 18.4. The summed E-state index contributed by atoms with van der Waals surface area (Å²) >= 11 is 0. The van der Waals surface area contributed by atoms with Gasteiger partial charge in [0.25, 0.3) is 0 Å². The molecule has 1 unspecified atom stereocenters. The molecule has 4 heteroatoms. The molecule has 120 valence electrons. The summed E-state index contributed by atoms with van der Waals surface area (Å²) in [5, 5.41) is 0. The van der Waals surface area contributed by atoms with E-state index in [1.807, 2.05) is 29.2 Å². The Morgan fingerprint density at radius 2 is 1.96 bits per heavy atom. The first-order valence-corrected chi connectivity index (χ1v) is 7.85. The Kier molecular flexibility index (Phi) is 4.72. The lowest BCUT2D eigenvalue weighted by atomic mass is 9.98. The lowest BCUT2D eigenvalue weighted by molar-refractivity contribution is -0.118. The van der Waals surface area contributed by atoms with E-state index in [0.717, 1.165) is 23.2 Å². The number of carbonyl (C=O) groups is 1. The molecule has 0 saturated heterocycles. The Labute approximate surface area is 135 Å². The van der Waals surface area contributed by atoms with Gasteiger partial charge < -0.3 is 9.64 Å². The molecule has 0 aromatic heterocycles. The van der Waals surface area contributed by atoms with Crippen molar-refractivity contribution in [2.45, 2.75) is 25.4 Å². The number of amides is 1. The molecule has 3 nitrogen and oxygen atoms in total. The molecule has 23 heavy (non-hydrogen) atoms. The van der Waals surface area contributed by atoms with Crippen LogP contribution < -0.4 is 4.90 Å². The van der Waals surface area contributed by atoms with E-state index in [1.165, 1.54) is 12.1 Å². The minimum absolute atomic E-state index is 0.0485. The van der Waals surface area contributed by atoms with Crippen LogP contribution in [0.1, 0.15) is 30.1 Å². The second kappa shape index (κ2) is 6.92. The first kappa shape index (κ1) is 15.7. The predicted molar refractivity (Wildman–Crippen MR) is 87.9 cm³/mol. The van der Waals surface area contributed by atoms with Gasteiger partial charge in [0.1, 0.15) is 5.82 Å². The maximum atomic E-state index is 12.9. The Bertz CT molecular complexity index is 684. The summed E-state index contributed by atoms with van der Waals surface area (Å²) in [5.41, 5.74) is 2.98. The summed E-state index contributed by atoms with van der Waals surface area (Å²) in [7, 11) is 1.70. The van der Waals surface area contributed by atoms with E-state index in [4.69, 9.17) is 4.74 Å². The number of ether oxygens (including phenoxy) is 1. The van der Waals surface area contributed by atoms with E-state index in [2.05, 4.69) is 0 Å². The molecule has 1 atom stereocenters. The number of hydrogen-bond acceptors (Lipinski definition) is 2. The summed E-state index contributed by atoms with van der Waals surface area (Å²) in [6, 6.07) is 14.2. The number of nitrogens with zero attached hydrogens (tertiary/aromatic N) is 1. The number of fused-ring (bicyclic) bond motifs is 1. The zero-order valence-electron chi connectivity index (χ0n) is 13.2. The van der Waals surface area contributed by atoms with Crippen molar-refractivity contribution in [2.24, 2.45) is 0 Å². The first-order valence-electron chi connectivity index (χ1n) is 7.85. The van der Waals surface area contributed by atoms with E-state index >= 15 is 0 Å². The number of methoxy groups -OCH3 is 1. The van der Waals surface area contributed by atoms with Crippen molar-refractivity contribution in [1.82, 2.24) is 0 Å². The van der Waals surface area contributed by atoms with E-state index in [0.29, 0.717) is 19.4 Å². The van der Waals surface area contributed by atoms with Crippen molar-refractivity contribution in [3.05, 3.63) is 65.5 Å². The standard InChI is InChI=1S/C19H20FNO2/c1-23-18-12-13-21(17-5-3-2-4-16(17)18)19(22)11-8-14-6-9-15(20)10-7-14/h2-7,9-10,18H,8,11-13H2,1H3. The monoisotopic (exact) mass is 313 g/mol. The molecular formula is C19H20FNO2. The Morgan fingerprint density at radius 3 is 2.70 bits per heavy atom. The van der Waals surface area contributed by atoms with Crippen LogP contribution >= 0.6 is 0 Å². The fourth-order valence-corrected chi connectivity index (χ4v) is 3.07. The molecule has 0 saturated carbocycles.